The van der Waals surface area contributed by atoms with Crippen LogP contribution in [0.15, 0.2) is 320 Å². The fourth-order valence-electron chi connectivity index (χ4n) is 23.9. The molecule has 516 valence electrons. The summed E-state index contributed by atoms with van der Waals surface area (Å²) in [5.41, 5.74) is 39.8. The van der Waals surface area contributed by atoms with Crippen molar-refractivity contribution in [1.82, 2.24) is 32.0 Å². The second-order valence-corrected chi connectivity index (χ2v) is 33.7. The van der Waals surface area contributed by atoms with Gasteiger partial charge >= 0.3 is 0 Å². The van der Waals surface area contributed by atoms with E-state index in [9.17, 15) is 0 Å². The summed E-state index contributed by atoms with van der Waals surface area (Å²) in [7, 11) is 0. The summed E-state index contributed by atoms with van der Waals surface area (Å²) in [5, 5.41) is 20.2. The maximum Gasteiger partial charge on any atom is 0.273 e. The van der Waals surface area contributed by atoms with Crippen LogP contribution in [0.5, 0.6) is 0 Å². The summed E-state index contributed by atoms with van der Waals surface area (Å²) >= 11 is 1.96. The van der Waals surface area contributed by atoms with E-state index in [1.165, 1.54) is 240 Å². The number of fused-ring (bicyclic) bond motifs is 42. The van der Waals surface area contributed by atoms with Crippen molar-refractivity contribution in [2.24, 2.45) is 0 Å². The first-order valence-corrected chi connectivity index (χ1v) is 40.7. The van der Waals surface area contributed by atoms with E-state index < -0.39 is 0 Å². The highest BCUT2D eigenvalue weighted by molar-refractivity contribution is 7.25. The molecule has 6 aliphatic rings. The van der Waals surface area contributed by atoms with Crippen molar-refractivity contribution in [1.29, 1.82) is 0 Å². The molecule has 25 aromatic rings. The van der Waals surface area contributed by atoms with E-state index >= 15 is 0 Å². The molecule has 0 atom stereocenters. The van der Waals surface area contributed by atoms with Gasteiger partial charge in [0, 0.05) is 114 Å². The standard InChI is InChI=1S/C102H52B3N7OS/c1-2-22-55(23-3-1)106-78-38-16-8-28-62(78)99-100(106)105-73-33-11-19-41-81(73)109-76-36-14-6-26-60(76)68-51-69-86-56(29-20-42-82(86)110(99)97(69)92(105)95(68)109)53-44-46-63-84(48-53)113-101-88(63)103-71-31-9-17-39-79(71)107-75-35-13-5-25-59(75)67-52-70-87-57(30-21-43-83(87)111(101)98(70)91(103)94(67)107)54-45-47-64-85(49-54)114-102-89(64)104-72-32-10-18-40-80(72)108-74-34-12-4-24-58(74)65-50-66-61-27-7-15-37-77(61)112(102)96(66)90(104)93(65)108/h1-52H. The van der Waals surface area contributed by atoms with Crippen molar-refractivity contribution < 1.29 is 4.42 Å². The monoisotopic (exact) mass is 1460 g/mol. The van der Waals surface area contributed by atoms with Crippen molar-refractivity contribution in [3.8, 4) is 61.6 Å². The summed E-state index contributed by atoms with van der Waals surface area (Å²) in [5.74, 6) is 0.884. The molecule has 0 radical (unpaired) electrons. The van der Waals surface area contributed by atoms with Gasteiger partial charge in [-0.1, -0.05) is 212 Å². The zero-order valence-electron chi connectivity index (χ0n) is 60.7. The van der Waals surface area contributed by atoms with Crippen molar-refractivity contribution in [3.63, 3.8) is 0 Å². The van der Waals surface area contributed by atoms with E-state index in [0.29, 0.717) is 0 Å². The van der Waals surface area contributed by atoms with E-state index in [1.54, 1.807) is 0 Å². The van der Waals surface area contributed by atoms with Gasteiger partial charge in [0.25, 0.3) is 20.1 Å². The lowest BCUT2D eigenvalue weighted by Crippen LogP contribution is -2.61. The molecule has 8 nitrogen and oxygen atoms in total. The predicted molar refractivity (Wildman–Crippen MR) is 479 cm³/mol. The molecule has 0 bridgehead atoms. The first kappa shape index (κ1) is 57.6. The summed E-state index contributed by atoms with van der Waals surface area (Å²) in [6.45, 7) is -0.174. The number of rotatable bonds is 3. The van der Waals surface area contributed by atoms with E-state index in [0.717, 1.165) is 33.6 Å². The second-order valence-electron chi connectivity index (χ2n) is 32.7. The van der Waals surface area contributed by atoms with Crippen LogP contribution in [0.1, 0.15) is 0 Å². The Morgan fingerprint density at radius 2 is 0.667 bits per heavy atom. The molecule has 0 amide bonds. The highest BCUT2D eigenvalue weighted by atomic mass is 32.1. The Kier molecular flexibility index (Phi) is 9.83. The van der Waals surface area contributed by atoms with Gasteiger partial charge < -0.3 is 31.8 Å². The lowest BCUT2D eigenvalue weighted by Gasteiger charge is -2.32. The molecule has 114 heavy (non-hydrogen) atoms. The van der Waals surface area contributed by atoms with Gasteiger partial charge in [-0.3, -0.25) is 4.57 Å². The van der Waals surface area contributed by atoms with Crippen molar-refractivity contribution in [2.75, 3.05) is 0 Å². The molecule has 0 unspecified atom stereocenters. The number of aromatic nitrogens is 7. The summed E-state index contributed by atoms with van der Waals surface area (Å²) in [6.07, 6.45) is 0. The molecule has 16 aromatic carbocycles. The Hall–Kier alpha value is -14.4. The van der Waals surface area contributed by atoms with Crippen LogP contribution in [-0.2, 0) is 0 Å². The van der Waals surface area contributed by atoms with E-state index in [2.05, 4.69) is 347 Å². The average Bonchev–Trinajstić information content (AvgIpc) is 1.49. The van der Waals surface area contributed by atoms with Gasteiger partial charge in [0.05, 0.1) is 82.4 Å². The molecule has 0 N–H and O–H groups in total. The molecule has 12 heteroatoms. The summed E-state index contributed by atoms with van der Waals surface area (Å²) in [6, 6.07) is 121. The third kappa shape index (κ3) is 6.31. The van der Waals surface area contributed by atoms with Gasteiger partial charge in [-0.2, -0.15) is 0 Å². The zero-order chi connectivity index (χ0) is 72.8. The number of furan rings is 1. The Balaban J connectivity index is 0.657. The number of benzene rings is 16. The quantitative estimate of drug-likeness (QED) is 0.163. The molecular formula is C102H52B3N7OS. The molecule has 15 heterocycles. The van der Waals surface area contributed by atoms with Gasteiger partial charge in [0.15, 0.2) is 0 Å². The van der Waals surface area contributed by atoms with Crippen LogP contribution >= 0.6 is 11.3 Å². The molecule has 0 aliphatic carbocycles. The van der Waals surface area contributed by atoms with Crippen molar-refractivity contribution in [3.05, 3.63) is 315 Å². The largest absolute Gasteiger partial charge is 0.440 e. The number of thiophene rings is 1. The summed E-state index contributed by atoms with van der Waals surface area (Å²) < 4.78 is 27.4. The van der Waals surface area contributed by atoms with E-state index in [-0.39, 0.29) is 20.1 Å². The third-order valence-electron chi connectivity index (χ3n) is 27.9. The van der Waals surface area contributed by atoms with Gasteiger partial charge in [0.1, 0.15) is 5.58 Å². The van der Waals surface area contributed by atoms with Gasteiger partial charge in [0.2, 0.25) is 5.88 Å². The minimum atomic E-state index is -0.136. The maximum atomic E-state index is 7.92. The SMILES string of the molecule is c1ccc(-n2c3c(c4ccccc42)-n2c4cccc(-c5ccc6c7c(oc6c5)-n5c6cccc(-c8ccc9c%10c(sc9c8)-n8c9ccccc9c9cc%11c%12ccccc%12n%12c%11c(c98)B%10c8ccccc8-%12)c6c6cc8c9ccccc9n9c8c(c65)B7c5ccccc5-9)c4c4cc5c6ccccc6n6c5c(c42)B3c2ccccc2-6)cc1. The molecule has 0 fully saturated rings. The normalized spacial score (nSPS) is 13.7. The van der Waals surface area contributed by atoms with Crippen LogP contribution in [0, 0.1) is 0 Å². The van der Waals surface area contributed by atoms with Gasteiger partial charge in [-0.25, -0.2) is 0 Å². The minimum absolute atomic E-state index is 0.0342. The Labute approximate surface area is 652 Å². The van der Waals surface area contributed by atoms with Crippen LogP contribution in [0.4, 0.5) is 0 Å². The lowest BCUT2D eigenvalue weighted by molar-refractivity contribution is 0.592. The molecule has 0 saturated carbocycles. The fourth-order valence-corrected chi connectivity index (χ4v) is 25.2. The highest BCUT2D eigenvalue weighted by Gasteiger charge is 2.49. The van der Waals surface area contributed by atoms with Gasteiger partial charge in [-0.15, -0.1) is 11.3 Å². The van der Waals surface area contributed by atoms with Gasteiger partial charge in [-0.05, 0) is 169 Å². The molecule has 31 rings (SSSR count). The minimum Gasteiger partial charge on any atom is -0.440 e. The second kappa shape index (κ2) is 19.5. The Morgan fingerprint density at radius 1 is 0.254 bits per heavy atom. The zero-order valence-corrected chi connectivity index (χ0v) is 61.5. The number of hydrogen-bond acceptors (Lipinski definition) is 2. The molecular weight excluding hydrogens is 1400 g/mol. The fraction of sp³-hybridized carbons (Fsp3) is 0. The van der Waals surface area contributed by atoms with E-state index in [1.807, 2.05) is 11.3 Å². The average molecular weight is 1460 g/mol. The van der Waals surface area contributed by atoms with Crippen molar-refractivity contribution in [2.45, 2.75) is 0 Å². The maximum absolute atomic E-state index is 7.92. The first-order chi connectivity index (χ1) is 56.7. The lowest BCUT2D eigenvalue weighted by atomic mass is 9.34. The molecule has 0 saturated heterocycles. The molecule has 6 aliphatic heterocycles. The molecule has 9 aromatic heterocycles. The third-order valence-corrected chi connectivity index (χ3v) is 29.0. The summed E-state index contributed by atoms with van der Waals surface area (Å²) in [4.78, 5) is 0. The smallest absolute Gasteiger partial charge is 0.273 e. The van der Waals surface area contributed by atoms with Crippen LogP contribution in [-0.4, -0.2) is 52.1 Å². The Bertz CT molecular complexity index is 9050. The van der Waals surface area contributed by atoms with Crippen LogP contribution in [0.25, 0.3) is 224 Å². The van der Waals surface area contributed by atoms with Crippen molar-refractivity contribution >= 4 is 244 Å². The number of para-hydroxylation sites is 9. The number of nitrogens with zero attached hydrogens (tertiary/aromatic N) is 7. The Morgan fingerprint density at radius 3 is 1.24 bits per heavy atom. The molecule has 0 spiro atoms. The highest BCUT2D eigenvalue weighted by Crippen LogP contribution is 2.52. The van der Waals surface area contributed by atoms with Crippen LogP contribution < -0.4 is 49.3 Å². The van der Waals surface area contributed by atoms with Crippen LogP contribution in [0.2, 0.25) is 0 Å². The number of hydrogen-bond donors (Lipinski definition) is 0. The van der Waals surface area contributed by atoms with E-state index in [4.69, 9.17) is 4.42 Å². The van der Waals surface area contributed by atoms with Crippen LogP contribution in [0.3, 0.4) is 0 Å². The predicted octanol–water partition coefficient (Wildman–Crippen LogP) is 18.9. The topological polar surface area (TPSA) is 47.6 Å². The first-order valence-electron chi connectivity index (χ1n) is 39.8.